The van der Waals surface area contributed by atoms with Crippen LogP contribution in [0.5, 0.6) is 11.5 Å². The summed E-state index contributed by atoms with van der Waals surface area (Å²) in [4.78, 5) is 16.6. The minimum atomic E-state index is -0.123. The van der Waals surface area contributed by atoms with Gasteiger partial charge in [0.15, 0.2) is 11.5 Å². The van der Waals surface area contributed by atoms with Gasteiger partial charge in [-0.05, 0) is 53.9 Å². The third-order valence-corrected chi connectivity index (χ3v) is 3.96. The van der Waals surface area contributed by atoms with Gasteiger partial charge >= 0.3 is 0 Å². The van der Waals surface area contributed by atoms with Crippen LogP contribution in [0.1, 0.15) is 16.8 Å². The van der Waals surface area contributed by atoms with Gasteiger partial charge in [-0.3, -0.25) is 4.79 Å². The van der Waals surface area contributed by atoms with Crippen LogP contribution in [0.3, 0.4) is 0 Å². The summed E-state index contributed by atoms with van der Waals surface area (Å²) in [6.07, 6.45) is 1.93. The highest BCUT2D eigenvalue weighted by Crippen LogP contribution is 2.27. The van der Waals surface area contributed by atoms with Crippen molar-refractivity contribution in [1.82, 2.24) is 4.98 Å². The van der Waals surface area contributed by atoms with Gasteiger partial charge < -0.3 is 14.8 Å². The maximum absolute atomic E-state index is 12.4. The van der Waals surface area contributed by atoms with E-state index in [1.807, 2.05) is 48.5 Å². The zero-order chi connectivity index (χ0) is 19.8. The van der Waals surface area contributed by atoms with Crippen LogP contribution in [0.25, 0.3) is 0 Å². The Bertz CT molecular complexity index is 1020. The van der Waals surface area contributed by atoms with Crippen LogP contribution in [0.4, 0.5) is 5.69 Å². The molecule has 0 aliphatic carbocycles. The molecule has 1 heterocycles. The largest absolute Gasteiger partial charge is 0.493 e. The second-order valence-corrected chi connectivity index (χ2v) is 5.96. The number of hydrogen-bond acceptors (Lipinski definition) is 4. The van der Waals surface area contributed by atoms with Crippen molar-refractivity contribution in [1.29, 1.82) is 0 Å². The predicted octanol–water partition coefficient (Wildman–Crippen LogP) is 3.68. The van der Waals surface area contributed by atoms with Crippen molar-refractivity contribution in [2.45, 2.75) is 6.42 Å². The average Bonchev–Trinajstić information content (AvgIpc) is 2.73. The topological polar surface area (TPSA) is 60.5 Å². The number of carbonyl (C=O) groups is 1. The van der Waals surface area contributed by atoms with Crippen LogP contribution in [-0.4, -0.2) is 25.1 Å². The van der Waals surface area contributed by atoms with Crippen LogP contribution in [-0.2, 0) is 11.2 Å². The summed E-state index contributed by atoms with van der Waals surface area (Å²) >= 11 is 0. The summed E-state index contributed by atoms with van der Waals surface area (Å²) in [6, 6.07) is 18.4. The van der Waals surface area contributed by atoms with E-state index >= 15 is 0 Å². The zero-order valence-corrected chi connectivity index (χ0v) is 15.7. The molecule has 0 aliphatic rings. The molecule has 140 valence electrons. The molecule has 5 nitrogen and oxygen atoms in total. The molecule has 1 N–H and O–H groups in total. The Balaban J connectivity index is 1.67. The van der Waals surface area contributed by atoms with E-state index in [-0.39, 0.29) is 12.3 Å². The fraction of sp³-hybridized carbons (Fsp3) is 0.130. The Morgan fingerprint density at radius 1 is 0.964 bits per heavy atom. The molecule has 1 amide bonds. The molecule has 5 heteroatoms. The highest BCUT2D eigenvalue weighted by Gasteiger charge is 2.09. The van der Waals surface area contributed by atoms with E-state index in [4.69, 9.17) is 9.47 Å². The zero-order valence-electron chi connectivity index (χ0n) is 15.7. The number of ether oxygens (including phenoxy) is 2. The van der Waals surface area contributed by atoms with Gasteiger partial charge in [0, 0.05) is 17.4 Å². The highest BCUT2D eigenvalue weighted by atomic mass is 16.5. The third-order valence-electron chi connectivity index (χ3n) is 3.96. The second-order valence-electron chi connectivity index (χ2n) is 5.96. The second kappa shape index (κ2) is 9.24. The maximum Gasteiger partial charge on any atom is 0.228 e. The molecule has 0 atom stereocenters. The summed E-state index contributed by atoms with van der Waals surface area (Å²) in [5.74, 6) is 7.17. The van der Waals surface area contributed by atoms with E-state index < -0.39 is 0 Å². The Kier molecular flexibility index (Phi) is 6.27. The number of methoxy groups -OCH3 is 2. The number of benzene rings is 2. The van der Waals surface area contributed by atoms with Crippen molar-refractivity contribution in [3.8, 4) is 23.3 Å². The molecule has 0 fully saturated rings. The Morgan fingerprint density at radius 2 is 1.82 bits per heavy atom. The first-order chi connectivity index (χ1) is 13.7. The Hall–Kier alpha value is -3.78. The van der Waals surface area contributed by atoms with Crippen molar-refractivity contribution in [3.63, 3.8) is 0 Å². The summed E-state index contributed by atoms with van der Waals surface area (Å²) in [5.41, 5.74) is 3.03. The van der Waals surface area contributed by atoms with Gasteiger partial charge in [-0.2, -0.15) is 0 Å². The molecule has 3 rings (SSSR count). The highest BCUT2D eigenvalue weighted by molar-refractivity contribution is 5.92. The monoisotopic (exact) mass is 372 g/mol. The summed E-state index contributed by atoms with van der Waals surface area (Å²) in [6.45, 7) is 0. The smallest absolute Gasteiger partial charge is 0.228 e. The van der Waals surface area contributed by atoms with Gasteiger partial charge in [0.2, 0.25) is 5.91 Å². The standard InChI is InChI=1S/C23H20N2O3/c1-27-21-12-10-18(15-22(21)28-2)16-23(26)25-20-8-5-6-17(14-20)9-11-19-7-3-4-13-24-19/h3-8,10,12-15H,16H2,1-2H3,(H,25,26). The number of hydrogen-bond donors (Lipinski definition) is 1. The molecule has 1 aromatic heterocycles. The molecular formula is C23H20N2O3. The van der Waals surface area contributed by atoms with Crippen LogP contribution in [0, 0.1) is 11.8 Å². The Labute approximate surface area is 164 Å². The van der Waals surface area contributed by atoms with Gasteiger partial charge in [0.05, 0.1) is 20.6 Å². The van der Waals surface area contributed by atoms with Gasteiger partial charge in [-0.15, -0.1) is 0 Å². The number of nitrogens with zero attached hydrogens (tertiary/aromatic N) is 1. The van der Waals surface area contributed by atoms with E-state index in [0.717, 1.165) is 11.1 Å². The van der Waals surface area contributed by atoms with Gasteiger partial charge in [0.1, 0.15) is 5.69 Å². The van der Waals surface area contributed by atoms with E-state index in [2.05, 4.69) is 22.1 Å². The maximum atomic E-state index is 12.4. The molecule has 3 aromatic rings. The van der Waals surface area contributed by atoms with Gasteiger partial charge in [-0.25, -0.2) is 4.98 Å². The lowest BCUT2D eigenvalue weighted by atomic mass is 10.1. The number of pyridine rings is 1. The SMILES string of the molecule is COc1ccc(CC(=O)Nc2cccc(C#Cc3ccccn3)c2)cc1OC. The number of nitrogens with one attached hydrogen (secondary N) is 1. The fourth-order valence-corrected chi connectivity index (χ4v) is 2.63. The first kappa shape index (κ1) is 19.0. The summed E-state index contributed by atoms with van der Waals surface area (Å²) in [7, 11) is 3.15. The van der Waals surface area contributed by atoms with E-state index in [1.54, 1.807) is 32.5 Å². The minimum Gasteiger partial charge on any atom is -0.493 e. The van der Waals surface area contributed by atoms with Crippen LogP contribution >= 0.6 is 0 Å². The molecule has 2 aromatic carbocycles. The molecule has 0 aliphatic heterocycles. The molecule has 0 saturated heterocycles. The van der Waals surface area contributed by atoms with Crippen molar-refractivity contribution < 1.29 is 14.3 Å². The normalized spacial score (nSPS) is 9.79. The third kappa shape index (κ3) is 5.12. The molecule has 0 bridgehead atoms. The van der Waals surface area contributed by atoms with Crippen molar-refractivity contribution in [3.05, 3.63) is 83.7 Å². The predicted molar refractivity (Wildman–Crippen MR) is 109 cm³/mol. The van der Waals surface area contributed by atoms with Crippen molar-refractivity contribution in [2.75, 3.05) is 19.5 Å². The molecular weight excluding hydrogens is 352 g/mol. The van der Waals surface area contributed by atoms with E-state index in [1.165, 1.54) is 0 Å². The molecule has 0 unspecified atom stereocenters. The first-order valence-corrected chi connectivity index (χ1v) is 8.72. The minimum absolute atomic E-state index is 0.123. The van der Waals surface area contributed by atoms with E-state index in [9.17, 15) is 4.79 Å². The summed E-state index contributed by atoms with van der Waals surface area (Å²) in [5, 5.41) is 2.90. The van der Waals surface area contributed by atoms with Crippen molar-refractivity contribution in [2.24, 2.45) is 0 Å². The lowest BCUT2D eigenvalue weighted by Gasteiger charge is -2.10. The number of rotatable bonds is 5. The fourth-order valence-electron chi connectivity index (χ4n) is 2.63. The Morgan fingerprint density at radius 3 is 2.57 bits per heavy atom. The molecule has 0 saturated carbocycles. The number of carbonyl (C=O) groups excluding carboxylic acids is 1. The van der Waals surface area contributed by atoms with Gasteiger partial charge in [0.25, 0.3) is 0 Å². The molecule has 0 spiro atoms. The van der Waals surface area contributed by atoms with E-state index in [0.29, 0.717) is 22.9 Å². The van der Waals surface area contributed by atoms with Crippen LogP contribution in [0.15, 0.2) is 66.9 Å². The van der Waals surface area contributed by atoms with Gasteiger partial charge in [-0.1, -0.05) is 24.1 Å². The first-order valence-electron chi connectivity index (χ1n) is 8.72. The lowest BCUT2D eigenvalue weighted by molar-refractivity contribution is -0.115. The number of anilines is 1. The van der Waals surface area contributed by atoms with Crippen LogP contribution in [0.2, 0.25) is 0 Å². The van der Waals surface area contributed by atoms with Crippen LogP contribution < -0.4 is 14.8 Å². The molecule has 28 heavy (non-hydrogen) atoms. The average molecular weight is 372 g/mol. The molecule has 0 radical (unpaired) electrons. The summed E-state index contributed by atoms with van der Waals surface area (Å²) < 4.78 is 10.5. The lowest BCUT2D eigenvalue weighted by Crippen LogP contribution is -2.14. The number of amides is 1. The van der Waals surface area contributed by atoms with Crippen molar-refractivity contribution >= 4 is 11.6 Å². The quantitative estimate of drug-likeness (QED) is 0.694. The number of aromatic nitrogens is 1.